The van der Waals surface area contributed by atoms with Crippen molar-refractivity contribution in [1.29, 1.82) is 0 Å². The quantitative estimate of drug-likeness (QED) is 0.698. The van der Waals surface area contributed by atoms with Gasteiger partial charge in [0.1, 0.15) is 0 Å². The first kappa shape index (κ1) is 12.4. The zero-order chi connectivity index (χ0) is 12.3. The predicted molar refractivity (Wildman–Crippen MR) is 62.4 cm³/mol. The van der Waals surface area contributed by atoms with Crippen LogP contribution in [0.3, 0.4) is 0 Å². The van der Waals surface area contributed by atoms with Gasteiger partial charge in [0.15, 0.2) is 0 Å². The fraction of sp³-hybridized carbons (Fsp3) is 0.833. The first-order valence-corrected chi connectivity index (χ1v) is 6.42. The summed E-state index contributed by atoms with van der Waals surface area (Å²) in [5.74, 6) is -0.379. The Morgan fingerprint density at radius 3 is 2.76 bits per heavy atom. The van der Waals surface area contributed by atoms with E-state index in [2.05, 4.69) is 10.6 Å². The number of piperazine rings is 1. The molecule has 0 aromatic carbocycles. The molecule has 3 atom stereocenters. The molecule has 2 fully saturated rings. The van der Waals surface area contributed by atoms with E-state index in [1.165, 1.54) is 12.8 Å². The molecule has 96 valence electrons. The van der Waals surface area contributed by atoms with Crippen molar-refractivity contribution in [3.05, 3.63) is 0 Å². The maximum Gasteiger partial charge on any atom is 0.307 e. The zero-order valence-electron chi connectivity index (χ0n) is 10.2. The minimum absolute atomic E-state index is 0.0683. The number of rotatable bonds is 3. The van der Waals surface area contributed by atoms with Crippen LogP contribution in [0.25, 0.3) is 0 Å². The highest BCUT2D eigenvalue weighted by Crippen LogP contribution is 2.22. The van der Waals surface area contributed by atoms with E-state index in [4.69, 9.17) is 4.74 Å². The van der Waals surface area contributed by atoms with Crippen molar-refractivity contribution in [2.45, 2.75) is 57.2 Å². The van der Waals surface area contributed by atoms with E-state index >= 15 is 0 Å². The number of amides is 1. The summed E-state index contributed by atoms with van der Waals surface area (Å²) in [6.45, 7) is 2.13. The van der Waals surface area contributed by atoms with Gasteiger partial charge >= 0.3 is 5.97 Å². The molecule has 0 bridgehead atoms. The lowest BCUT2D eigenvalue weighted by Crippen LogP contribution is -2.65. The SMILES string of the molecule is CCOC(=O)C[C@@H]1N[C@@H]2CCCC[C@@H]2NC1=O. The van der Waals surface area contributed by atoms with Gasteiger partial charge in [-0.1, -0.05) is 12.8 Å². The van der Waals surface area contributed by atoms with Gasteiger partial charge in [-0.3, -0.25) is 9.59 Å². The molecule has 5 heteroatoms. The summed E-state index contributed by atoms with van der Waals surface area (Å²) in [4.78, 5) is 23.2. The highest BCUT2D eigenvalue weighted by Gasteiger charge is 2.37. The minimum Gasteiger partial charge on any atom is -0.466 e. The van der Waals surface area contributed by atoms with Gasteiger partial charge in [0, 0.05) is 12.1 Å². The van der Waals surface area contributed by atoms with E-state index in [0.29, 0.717) is 12.6 Å². The molecule has 2 aliphatic rings. The third-order valence-electron chi connectivity index (χ3n) is 3.50. The van der Waals surface area contributed by atoms with E-state index in [1.54, 1.807) is 6.92 Å². The average molecular weight is 240 g/mol. The summed E-state index contributed by atoms with van der Waals surface area (Å²) >= 11 is 0. The third kappa shape index (κ3) is 2.97. The number of esters is 1. The average Bonchev–Trinajstić information content (AvgIpc) is 2.30. The molecule has 0 unspecified atom stereocenters. The normalized spacial score (nSPS) is 32.5. The second-order valence-electron chi connectivity index (χ2n) is 4.73. The van der Waals surface area contributed by atoms with Crippen LogP contribution in [0.4, 0.5) is 0 Å². The van der Waals surface area contributed by atoms with Gasteiger partial charge in [0.25, 0.3) is 0 Å². The molecule has 0 radical (unpaired) electrons. The van der Waals surface area contributed by atoms with Crippen molar-refractivity contribution in [2.75, 3.05) is 6.61 Å². The van der Waals surface area contributed by atoms with Crippen molar-refractivity contribution in [3.8, 4) is 0 Å². The lowest BCUT2D eigenvalue weighted by Gasteiger charge is -2.40. The van der Waals surface area contributed by atoms with E-state index in [-0.39, 0.29) is 24.3 Å². The Morgan fingerprint density at radius 1 is 1.35 bits per heavy atom. The number of ether oxygens (including phenoxy) is 1. The molecule has 1 saturated carbocycles. The monoisotopic (exact) mass is 240 g/mol. The summed E-state index contributed by atoms with van der Waals surface area (Å²) in [5, 5.41) is 6.29. The van der Waals surface area contributed by atoms with Crippen LogP contribution in [0, 0.1) is 0 Å². The fourth-order valence-corrected chi connectivity index (χ4v) is 2.66. The topological polar surface area (TPSA) is 67.4 Å². The lowest BCUT2D eigenvalue weighted by molar-refractivity contribution is -0.146. The Kier molecular flexibility index (Phi) is 3.99. The first-order chi connectivity index (χ1) is 8.20. The number of hydrogen-bond donors (Lipinski definition) is 2. The Bertz CT molecular complexity index is 306. The molecule has 1 heterocycles. The van der Waals surface area contributed by atoms with Crippen molar-refractivity contribution in [2.24, 2.45) is 0 Å². The van der Waals surface area contributed by atoms with Crippen LogP contribution in [0.15, 0.2) is 0 Å². The fourth-order valence-electron chi connectivity index (χ4n) is 2.66. The van der Waals surface area contributed by atoms with Crippen molar-refractivity contribution in [1.82, 2.24) is 10.6 Å². The van der Waals surface area contributed by atoms with Gasteiger partial charge in [-0.05, 0) is 19.8 Å². The van der Waals surface area contributed by atoms with Crippen LogP contribution < -0.4 is 10.6 Å². The Hall–Kier alpha value is -1.10. The number of hydrogen-bond acceptors (Lipinski definition) is 4. The van der Waals surface area contributed by atoms with Gasteiger partial charge in [0.05, 0.1) is 19.1 Å². The number of nitrogens with one attached hydrogen (secondary N) is 2. The number of carbonyl (C=O) groups is 2. The smallest absolute Gasteiger partial charge is 0.307 e. The maximum absolute atomic E-state index is 11.8. The Labute approximate surface area is 101 Å². The Balaban J connectivity index is 1.90. The summed E-state index contributed by atoms with van der Waals surface area (Å²) in [6, 6.07) is 0.143. The highest BCUT2D eigenvalue weighted by atomic mass is 16.5. The van der Waals surface area contributed by atoms with Crippen LogP contribution >= 0.6 is 0 Å². The van der Waals surface area contributed by atoms with Crippen molar-refractivity contribution < 1.29 is 14.3 Å². The molecule has 1 aliphatic heterocycles. The Morgan fingerprint density at radius 2 is 2.06 bits per heavy atom. The summed E-state index contributed by atoms with van der Waals surface area (Å²) in [5.41, 5.74) is 0. The molecule has 1 saturated heterocycles. The molecule has 0 aromatic heterocycles. The molecule has 1 aliphatic carbocycles. The van der Waals surface area contributed by atoms with E-state index in [9.17, 15) is 9.59 Å². The molecular formula is C12H20N2O3. The largest absolute Gasteiger partial charge is 0.466 e. The molecule has 0 aromatic rings. The predicted octanol–water partition coefficient (Wildman–Crippen LogP) is 0.339. The maximum atomic E-state index is 11.8. The summed E-state index contributed by atoms with van der Waals surface area (Å²) in [6.07, 6.45) is 4.60. The first-order valence-electron chi connectivity index (χ1n) is 6.42. The van der Waals surface area contributed by atoms with Crippen LogP contribution in [0.2, 0.25) is 0 Å². The molecule has 2 rings (SSSR count). The van der Waals surface area contributed by atoms with E-state index in [0.717, 1.165) is 12.8 Å². The third-order valence-corrected chi connectivity index (χ3v) is 3.50. The molecule has 2 N–H and O–H groups in total. The second-order valence-corrected chi connectivity index (χ2v) is 4.73. The minimum atomic E-state index is -0.423. The van der Waals surface area contributed by atoms with Crippen LogP contribution in [0.1, 0.15) is 39.0 Å². The summed E-state index contributed by atoms with van der Waals surface area (Å²) < 4.78 is 4.87. The van der Waals surface area contributed by atoms with Gasteiger partial charge in [-0.15, -0.1) is 0 Å². The van der Waals surface area contributed by atoms with E-state index in [1.807, 2.05) is 0 Å². The van der Waals surface area contributed by atoms with Crippen LogP contribution in [-0.2, 0) is 14.3 Å². The standard InChI is InChI=1S/C12H20N2O3/c1-2-17-11(15)7-10-12(16)14-9-6-4-3-5-8(9)13-10/h8-10,13H,2-7H2,1H3,(H,14,16)/t8-,9+,10+/m1/s1. The van der Waals surface area contributed by atoms with E-state index < -0.39 is 6.04 Å². The van der Waals surface area contributed by atoms with Gasteiger partial charge in [-0.25, -0.2) is 0 Å². The number of carbonyl (C=O) groups excluding carboxylic acids is 2. The molecular weight excluding hydrogens is 220 g/mol. The second kappa shape index (κ2) is 5.49. The van der Waals surface area contributed by atoms with Crippen LogP contribution in [-0.4, -0.2) is 36.6 Å². The van der Waals surface area contributed by atoms with Gasteiger partial charge in [-0.2, -0.15) is 0 Å². The summed E-state index contributed by atoms with van der Waals surface area (Å²) in [7, 11) is 0. The molecule has 5 nitrogen and oxygen atoms in total. The van der Waals surface area contributed by atoms with Gasteiger partial charge in [0.2, 0.25) is 5.91 Å². The van der Waals surface area contributed by atoms with Crippen LogP contribution in [0.5, 0.6) is 0 Å². The van der Waals surface area contributed by atoms with Crippen molar-refractivity contribution >= 4 is 11.9 Å². The lowest BCUT2D eigenvalue weighted by atomic mass is 9.87. The molecule has 17 heavy (non-hydrogen) atoms. The molecule has 1 amide bonds. The zero-order valence-corrected chi connectivity index (χ0v) is 10.2. The number of fused-ring (bicyclic) bond motifs is 1. The molecule has 0 spiro atoms. The van der Waals surface area contributed by atoms with Gasteiger partial charge < -0.3 is 15.4 Å². The highest BCUT2D eigenvalue weighted by molar-refractivity contribution is 5.87. The van der Waals surface area contributed by atoms with Crippen molar-refractivity contribution in [3.63, 3.8) is 0 Å².